The molecule has 2 aromatic rings. The maximum atomic E-state index is 11.4. The Labute approximate surface area is 150 Å². The fourth-order valence-corrected chi connectivity index (χ4v) is 4.36. The predicted octanol–water partition coefficient (Wildman–Crippen LogP) is 0.0664. The normalized spacial score (nSPS) is 16.4. The summed E-state index contributed by atoms with van der Waals surface area (Å²) >= 11 is 1.37. The van der Waals surface area contributed by atoms with E-state index in [-0.39, 0.29) is 0 Å². The van der Waals surface area contributed by atoms with Gasteiger partial charge in [-0.2, -0.15) is 0 Å². The van der Waals surface area contributed by atoms with Gasteiger partial charge in [-0.15, -0.1) is 11.3 Å². The first kappa shape index (κ1) is 18.1. The van der Waals surface area contributed by atoms with Gasteiger partial charge in [-0.3, -0.25) is 9.69 Å². The zero-order valence-corrected chi connectivity index (χ0v) is 15.6. The molecular formula is C15H21N5O3S2. The van der Waals surface area contributed by atoms with Crippen molar-refractivity contribution in [3.63, 3.8) is 0 Å². The molecule has 3 rings (SSSR count). The Balaban J connectivity index is 1.65. The van der Waals surface area contributed by atoms with E-state index in [0.29, 0.717) is 18.0 Å². The van der Waals surface area contributed by atoms with Gasteiger partial charge in [0.2, 0.25) is 10.0 Å². The van der Waals surface area contributed by atoms with Crippen LogP contribution in [0.4, 0.5) is 5.82 Å². The van der Waals surface area contributed by atoms with Crippen molar-refractivity contribution in [2.24, 2.45) is 5.73 Å². The van der Waals surface area contributed by atoms with Gasteiger partial charge >= 0.3 is 0 Å². The van der Waals surface area contributed by atoms with Crippen molar-refractivity contribution in [3.05, 3.63) is 23.2 Å². The van der Waals surface area contributed by atoms with Crippen LogP contribution in [0.1, 0.15) is 9.67 Å². The minimum absolute atomic E-state index is 0.416. The van der Waals surface area contributed by atoms with Crippen LogP contribution in [0.2, 0.25) is 0 Å². The van der Waals surface area contributed by atoms with E-state index in [2.05, 4.69) is 19.5 Å². The molecule has 0 radical (unpaired) electrons. The van der Waals surface area contributed by atoms with Crippen LogP contribution in [0.5, 0.6) is 0 Å². The lowest BCUT2D eigenvalue weighted by molar-refractivity contribution is 0.100. The first-order valence-corrected chi connectivity index (χ1v) is 10.6. The van der Waals surface area contributed by atoms with Gasteiger partial charge in [-0.25, -0.2) is 18.1 Å². The number of rotatable bonds is 6. The Morgan fingerprint density at radius 3 is 2.72 bits per heavy atom. The summed E-state index contributed by atoms with van der Waals surface area (Å²) in [7, 11) is -3.14. The molecule has 8 nitrogen and oxygen atoms in total. The molecule has 1 aliphatic heterocycles. The molecule has 0 spiro atoms. The van der Waals surface area contributed by atoms with Gasteiger partial charge in [0.05, 0.1) is 15.8 Å². The molecule has 1 saturated heterocycles. The number of nitrogens with one attached hydrogen (secondary N) is 1. The van der Waals surface area contributed by atoms with E-state index in [1.165, 1.54) is 17.6 Å². The zero-order chi connectivity index (χ0) is 18.0. The molecule has 0 aromatic carbocycles. The predicted molar refractivity (Wildman–Crippen MR) is 99.6 cm³/mol. The number of primary amides is 1. The number of aromatic nitrogens is 1. The average molecular weight is 383 g/mol. The van der Waals surface area contributed by atoms with E-state index >= 15 is 0 Å². The number of carbonyl (C=O) groups excluding carboxylic acids is 1. The van der Waals surface area contributed by atoms with Crippen LogP contribution in [0.3, 0.4) is 0 Å². The second kappa shape index (κ2) is 7.24. The van der Waals surface area contributed by atoms with Gasteiger partial charge in [0.1, 0.15) is 5.82 Å². The Bertz CT molecular complexity index is 872. The summed E-state index contributed by atoms with van der Waals surface area (Å²) in [6.07, 6.45) is 2.91. The van der Waals surface area contributed by atoms with Crippen molar-refractivity contribution in [3.8, 4) is 0 Å². The Morgan fingerprint density at radius 2 is 2.08 bits per heavy atom. The smallest absolute Gasteiger partial charge is 0.258 e. The van der Waals surface area contributed by atoms with Crippen molar-refractivity contribution in [1.29, 1.82) is 0 Å². The van der Waals surface area contributed by atoms with Crippen LogP contribution >= 0.6 is 11.3 Å². The minimum Gasteiger partial charge on any atom is -0.365 e. The number of carbonyl (C=O) groups is 1. The third kappa shape index (κ3) is 4.46. The second-order valence-electron chi connectivity index (χ2n) is 6.02. The van der Waals surface area contributed by atoms with E-state index in [4.69, 9.17) is 5.73 Å². The maximum Gasteiger partial charge on any atom is 0.258 e. The first-order valence-electron chi connectivity index (χ1n) is 7.94. The lowest BCUT2D eigenvalue weighted by Crippen LogP contribution is -2.48. The Hall–Kier alpha value is -1.75. The standard InChI is InChI=1S/C15H21N5O3S2/c1-25(22,23)18-4-5-19-6-8-20(9-7-19)15-13-11(2-3-17-15)10-12(24-13)14(16)21/h2-3,10,18H,4-9H2,1H3,(H2,16,21). The molecule has 0 saturated carbocycles. The third-order valence-electron chi connectivity index (χ3n) is 4.12. The summed E-state index contributed by atoms with van der Waals surface area (Å²) in [4.78, 5) is 20.9. The van der Waals surface area contributed by atoms with E-state index in [9.17, 15) is 13.2 Å². The van der Waals surface area contributed by atoms with Crippen molar-refractivity contribution in [2.45, 2.75) is 0 Å². The number of nitrogens with zero attached hydrogens (tertiary/aromatic N) is 3. The van der Waals surface area contributed by atoms with Crippen LogP contribution in [0, 0.1) is 0 Å². The second-order valence-corrected chi connectivity index (χ2v) is 8.91. The molecule has 1 aliphatic rings. The monoisotopic (exact) mass is 383 g/mol. The molecule has 0 unspecified atom stereocenters. The number of anilines is 1. The van der Waals surface area contributed by atoms with Crippen molar-refractivity contribution < 1.29 is 13.2 Å². The van der Waals surface area contributed by atoms with E-state index in [0.717, 1.165) is 42.1 Å². The molecule has 2 aromatic heterocycles. The van der Waals surface area contributed by atoms with Crippen molar-refractivity contribution >= 4 is 43.2 Å². The number of thiophene rings is 1. The summed E-state index contributed by atoms with van der Waals surface area (Å²) in [6, 6.07) is 3.69. The molecular weight excluding hydrogens is 362 g/mol. The van der Waals surface area contributed by atoms with Crippen molar-refractivity contribution in [2.75, 3.05) is 50.4 Å². The lowest BCUT2D eigenvalue weighted by atomic mass is 10.2. The highest BCUT2D eigenvalue weighted by Crippen LogP contribution is 2.32. The number of hydrogen-bond donors (Lipinski definition) is 2. The van der Waals surface area contributed by atoms with Crippen LogP contribution in [-0.2, 0) is 10.0 Å². The highest BCUT2D eigenvalue weighted by Gasteiger charge is 2.21. The summed E-state index contributed by atoms with van der Waals surface area (Å²) in [6.45, 7) is 4.36. The number of fused-ring (bicyclic) bond motifs is 1. The lowest BCUT2D eigenvalue weighted by Gasteiger charge is -2.35. The highest BCUT2D eigenvalue weighted by atomic mass is 32.2. The number of hydrogen-bond acceptors (Lipinski definition) is 7. The van der Waals surface area contributed by atoms with Crippen LogP contribution in [-0.4, -0.2) is 69.7 Å². The number of amides is 1. The van der Waals surface area contributed by atoms with Gasteiger partial charge in [0.25, 0.3) is 5.91 Å². The SMILES string of the molecule is CS(=O)(=O)NCCN1CCN(c2nccc3cc(C(N)=O)sc23)CC1. The van der Waals surface area contributed by atoms with Crippen LogP contribution in [0.15, 0.2) is 18.3 Å². The maximum absolute atomic E-state index is 11.4. The molecule has 1 fully saturated rings. The number of piperazine rings is 1. The van der Waals surface area contributed by atoms with Gasteiger partial charge in [-0.1, -0.05) is 0 Å². The Kier molecular flexibility index (Phi) is 5.23. The van der Waals surface area contributed by atoms with Gasteiger partial charge < -0.3 is 10.6 Å². The number of sulfonamides is 1. The third-order valence-corrected chi connectivity index (χ3v) is 6.01. The number of pyridine rings is 1. The Morgan fingerprint density at radius 1 is 1.36 bits per heavy atom. The quantitative estimate of drug-likeness (QED) is 0.731. The number of nitrogens with two attached hydrogens (primary N) is 1. The highest BCUT2D eigenvalue weighted by molar-refractivity contribution is 7.88. The molecule has 1 amide bonds. The largest absolute Gasteiger partial charge is 0.365 e. The molecule has 25 heavy (non-hydrogen) atoms. The van der Waals surface area contributed by atoms with Gasteiger partial charge in [0.15, 0.2) is 0 Å². The van der Waals surface area contributed by atoms with Crippen LogP contribution < -0.4 is 15.4 Å². The summed E-state index contributed by atoms with van der Waals surface area (Å²) in [5.41, 5.74) is 5.38. The molecule has 0 atom stereocenters. The first-order chi connectivity index (χ1) is 11.8. The molecule has 10 heteroatoms. The van der Waals surface area contributed by atoms with E-state index in [1.807, 2.05) is 6.07 Å². The van der Waals surface area contributed by atoms with Gasteiger partial charge in [0, 0.05) is 45.5 Å². The fraction of sp³-hybridized carbons (Fsp3) is 0.467. The van der Waals surface area contributed by atoms with Gasteiger partial charge in [-0.05, 0) is 17.5 Å². The average Bonchev–Trinajstić information content (AvgIpc) is 2.99. The molecule has 0 bridgehead atoms. The minimum atomic E-state index is -3.14. The van der Waals surface area contributed by atoms with Crippen LogP contribution in [0.25, 0.3) is 10.1 Å². The summed E-state index contributed by atoms with van der Waals surface area (Å²) in [5, 5.41) is 0.976. The zero-order valence-electron chi connectivity index (χ0n) is 13.9. The molecule has 0 aliphatic carbocycles. The molecule has 3 heterocycles. The van der Waals surface area contributed by atoms with E-state index in [1.54, 1.807) is 12.3 Å². The van der Waals surface area contributed by atoms with E-state index < -0.39 is 15.9 Å². The van der Waals surface area contributed by atoms with Crippen molar-refractivity contribution in [1.82, 2.24) is 14.6 Å². The fourth-order valence-electron chi connectivity index (χ4n) is 2.87. The molecule has 3 N–H and O–H groups in total. The topological polar surface area (TPSA) is 109 Å². The summed E-state index contributed by atoms with van der Waals surface area (Å²) < 4.78 is 25.7. The molecule has 136 valence electrons. The summed E-state index contributed by atoms with van der Waals surface area (Å²) in [5.74, 6) is 0.458.